The number of hydrogen-bond acceptors (Lipinski definition) is 3. The molecule has 2 heterocycles. The van der Waals surface area contributed by atoms with Crippen molar-refractivity contribution in [2.24, 2.45) is 5.92 Å². The van der Waals surface area contributed by atoms with E-state index in [-0.39, 0.29) is 5.56 Å². The zero-order valence-corrected chi connectivity index (χ0v) is 14.4. The molecule has 2 aromatic carbocycles. The van der Waals surface area contributed by atoms with E-state index in [4.69, 9.17) is 4.52 Å². The summed E-state index contributed by atoms with van der Waals surface area (Å²) in [4.78, 5) is 14.8. The molecule has 1 aromatic heterocycles. The molecule has 4 rings (SSSR count). The first-order valence-corrected chi connectivity index (χ1v) is 9.15. The van der Waals surface area contributed by atoms with Crippen LogP contribution in [0.4, 0.5) is 0 Å². The van der Waals surface area contributed by atoms with Crippen molar-refractivity contribution in [3.63, 3.8) is 0 Å². The molecule has 3 aromatic rings. The first-order valence-electron chi connectivity index (χ1n) is 9.15. The van der Waals surface area contributed by atoms with Crippen LogP contribution in [0.2, 0.25) is 0 Å². The number of piperidine rings is 1. The largest absolute Gasteiger partial charge is 0.376 e. The van der Waals surface area contributed by atoms with E-state index in [1.54, 1.807) is 0 Å². The molecule has 1 fully saturated rings. The van der Waals surface area contributed by atoms with Gasteiger partial charge in [-0.05, 0) is 56.0 Å². The minimum atomic E-state index is -0.00267. The Labute approximate surface area is 147 Å². The molecule has 0 saturated carbocycles. The molecule has 0 bridgehead atoms. The van der Waals surface area contributed by atoms with Gasteiger partial charge in [-0.25, -0.2) is 0 Å². The maximum absolute atomic E-state index is 12.3. The Morgan fingerprint density at radius 1 is 0.960 bits per heavy atom. The number of aryl methyl sites for hydroxylation is 1. The van der Waals surface area contributed by atoms with Crippen molar-refractivity contribution in [3.8, 4) is 0 Å². The highest BCUT2D eigenvalue weighted by atomic mass is 16.5. The number of nitrogens with zero attached hydrogens (tertiary/aromatic N) is 2. The summed E-state index contributed by atoms with van der Waals surface area (Å²) in [6.45, 7) is 3.98. The summed E-state index contributed by atoms with van der Waals surface area (Å²) in [5.41, 5.74) is 2.07. The fourth-order valence-corrected chi connectivity index (χ4v) is 3.74. The number of rotatable bonds is 5. The minimum Gasteiger partial charge on any atom is -0.376 e. The summed E-state index contributed by atoms with van der Waals surface area (Å²) in [6.07, 6.45) is 3.41. The van der Waals surface area contributed by atoms with Crippen LogP contribution in [0.25, 0.3) is 11.0 Å². The summed E-state index contributed by atoms with van der Waals surface area (Å²) in [5.74, 6) is 0.673. The summed E-state index contributed by atoms with van der Waals surface area (Å²) in [7, 11) is 0. The topological polar surface area (TPSA) is 38.4 Å². The Morgan fingerprint density at radius 3 is 2.44 bits per heavy atom. The zero-order valence-electron chi connectivity index (χ0n) is 14.4. The monoisotopic (exact) mass is 336 g/mol. The lowest BCUT2D eigenvalue weighted by Crippen LogP contribution is -2.33. The normalized spacial score (nSPS) is 16.5. The van der Waals surface area contributed by atoms with Gasteiger partial charge >= 0.3 is 0 Å². The fourth-order valence-electron chi connectivity index (χ4n) is 3.74. The molecule has 0 unspecified atom stereocenters. The van der Waals surface area contributed by atoms with Crippen LogP contribution in [-0.2, 0) is 13.1 Å². The van der Waals surface area contributed by atoms with Crippen molar-refractivity contribution in [1.82, 2.24) is 9.64 Å². The van der Waals surface area contributed by atoms with Crippen molar-refractivity contribution in [3.05, 3.63) is 70.5 Å². The second-order valence-electron chi connectivity index (χ2n) is 6.99. The van der Waals surface area contributed by atoms with Crippen molar-refractivity contribution >= 4 is 11.0 Å². The minimum absolute atomic E-state index is 0.00267. The highest BCUT2D eigenvalue weighted by molar-refractivity contribution is 5.75. The molecule has 0 N–H and O–H groups in total. The SMILES string of the molecule is O=c1c2ccccc2on1CCC1CCN(Cc2ccccc2)CC1. The first-order chi connectivity index (χ1) is 12.3. The molecule has 0 aliphatic carbocycles. The highest BCUT2D eigenvalue weighted by Crippen LogP contribution is 2.22. The molecular weight excluding hydrogens is 312 g/mol. The Balaban J connectivity index is 1.30. The second kappa shape index (κ2) is 7.28. The van der Waals surface area contributed by atoms with E-state index in [2.05, 4.69) is 35.2 Å². The number of fused-ring (bicyclic) bond motifs is 1. The summed E-state index contributed by atoms with van der Waals surface area (Å²) in [6, 6.07) is 18.1. The maximum atomic E-state index is 12.3. The van der Waals surface area contributed by atoms with Crippen LogP contribution in [-0.4, -0.2) is 22.7 Å². The number of hydrogen-bond donors (Lipinski definition) is 0. The van der Waals surface area contributed by atoms with Crippen LogP contribution in [0.15, 0.2) is 63.9 Å². The van der Waals surface area contributed by atoms with Gasteiger partial charge in [0.15, 0.2) is 5.58 Å². The number of para-hydroxylation sites is 1. The molecule has 1 aliphatic heterocycles. The van der Waals surface area contributed by atoms with E-state index in [0.29, 0.717) is 23.4 Å². The van der Waals surface area contributed by atoms with E-state index < -0.39 is 0 Å². The van der Waals surface area contributed by atoms with Crippen LogP contribution in [0.5, 0.6) is 0 Å². The Hall–Kier alpha value is -2.33. The molecule has 0 amide bonds. The van der Waals surface area contributed by atoms with E-state index in [1.165, 1.54) is 23.1 Å². The lowest BCUT2D eigenvalue weighted by molar-refractivity contribution is 0.159. The highest BCUT2D eigenvalue weighted by Gasteiger charge is 2.20. The fraction of sp³-hybridized carbons (Fsp3) is 0.381. The predicted octanol–water partition coefficient (Wildman–Crippen LogP) is 3.90. The first kappa shape index (κ1) is 16.2. The van der Waals surface area contributed by atoms with Gasteiger partial charge in [-0.1, -0.05) is 42.5 Å². The molecule has 4 heteroatoms. The van der Waals surface area contributed by atoms with Crippen LogP contribution >= 0.6 is 0 Å². The zero-order chi connectivity index (χ0) is 17.1. The summed E-state index contributed by atoms with van der Waals surface area (Å²) >= 11 is 0. The van der Waals surface area contributed by atoms with Gasteiger partial charge in [0.05, 0.1) is 11.9 Å². The smallest absolute Gasteiger partial charge is 0.290 e. The van der Waals surface area contributed by atoms with E-state index in [0.717, 1.165) is 26.1 Å². The molecule has 130 valence electrons. The van der Waals surface area contributed by atoms with Gasteiger partial charge in [0.25, 0.3) is 5.56 Å². The van der Waals surface area contributed by atoms with Gasteiger partial charge in [-0.15, -0.1) is 0 Å². The van der Waals surface area contributed by atoms with E-state index >= 15 is 0 Å². The average Bonchev–Trinajstić information content (AvgIpc) is 2.98. The van der Waals surface area contributed by atoms with Gasteiger partial charge in [0.2, 0.25) is 0 Å². The Kier molecular flexibility index (Phi) is 4.70. The summed E-state index contributed by atoms with van der Waals surface area (Å²) in [5, 5.41) is 0.681. The van der Waals surface area contributed by atoms with Gasteiger partial charge in [0, 0.05) is 6.54 Å². The van der Waals surface area contributed by atoms with Gasteiger partial charge < -0.3 is 4.52 Å². The van der Waals surface area contributed by atoms with E-state index in [1.807, 2.05) is 24.3 Å². The third-order valence-corrected chi connectivity index (χ3v) is 5.25. The number of likely N-dealkylation sites (tertiary alicyclic amines) is 1. The molecule has 4 nitrogen and oxygen atoms in total. The molecule has 0 atom stereocenters. The maximum Gasteiger partial charge on any atom is 0.290 e. The second-order valence-corrected chi connectivity index (χ2v) is 6.99. The van der Waals surface area contributed by atoms with E-state index in [9.17, 15) is 4.79 Å². The van der Waals surface area contributed by atoms with Crippen LogP contribution in [0.1, 0.15) is 24.8 Å². The lowest BCUT2D eigenvalue weighted by atomic mass is 9.93. The number of aromatic nitrogens is 1. The Bertz CT molecular complexity index is 874. The Morgan fingerprint density at radius 2 is 1.68 bits per heavy atom. The molecule has 0 spiro atoms. The van der Waals surface area contributed by atoms with Crippen LogP contribution < -0.4 is 5.56 Å². The average molecular weight is 336 g/mol. The quantitative estimate of drug-likeness (QED) is 0.709. The molecule has 1 saturated heterocycles. The van der Waals surface area contributed by atoms with Gasteiger partial charge in [-0.2, -0.15) is 4.74 Å². The summed E-state index contributed by atoms with van der Waals surface area (Å²) < 4.78 is 7.21. The van der Waals surface area contributed by atoms with Gasteiger partial charge in [0.1, 0.15) is 0 Å². The molecule has 0 radical (unpaired) electrons. The standard InChI is InChI=1S/C21H24N2O2/c24-21-19-8-4-5-9-20(19)25-23(21)15-12-17-10-13-22(14-11-17)16-18-6-2-1-3-7-18/h1-9,17H,10-16H2. The molecule has 1 aliphatic rings. The van der Waals surface area contributed by atoms with Crippen molar-refractivity contribution in [2.75, 3.05) is 13.1 Å². The third-order valence-electron chi connectivity index (χ3n) is 5.25. The van der Waals surface area contributed by atoms with Crippen LogP contribution in [0, 0.1) is 5.92 Å². The number of benzene rings is 2. The predicted molar refractivity (Wildman–Crippen MR) is 99.5 cm³/mol. The van der Waals surface area contributed by atoms with Gasteiger partial charge in [-0.3, -0.25) is 9.69 Å². The lowest BCUT2D eigenvalue weighted by Gasteiger charge is -2.31. The van der Waals surface area contributed by atoms with Crippen LogP contribution in [0.3, 0.4) is 0 Å². The molecular formula is C21H24N2O2. The van der Waals surface area contributed by atoms with Crippen molar-refractivity contribution < 1.29 is 4.52 Å². The van der Waals surface area contributed by atoms with Crippen molar-refractivity contribution in [2.45, 2.75) is 32.4 Å². The molecule has 25 heavy (non-hydrogen) atoms. The third kappa shape index (κ3) is 3.69. The van der Waals surface area contributed by atoms with Crippen molar-refractivity contribution in [1.29, 1.82) is 0 Å².